The SMILES string of the molecule is CC(C)c1ccc(C(C)(CBr)OCC2CCCCO2)cc1. The molecule has 2 nitrogen and oxygen atoms in total. The first-order chi connectivity index (χ1) is 10.0. The van der Waals surface area contributed by atoms with Crippen LogP contribution in [-0.4, -0.2) is 24.6 Å². The van der Waals surface area contributed by atoms with Gasteiger partial charge >= 0.3 is 0 Å². The van der Waals surface area contributed by atoms with E-state index in [4.69, 9.17) is 9.47 Å². The van der Waals surface area contributed by atoms with Gasteiger partial charge in [-0.2, -0.15) is 0 Å². The molecule has 1 aliphatic heterocycles. The molecule has 1 aromatic rings. The molecule has 0 radical (unpaired) electrons. The lowest BCUT2D eigenvalue weighted by atomic mass is 9.94. The lowest BCUT2D eigenvalue weighted by Crippen LogP contribution is -2.34. The van der Waals surface area contributed by atoms with Gasteiger partial charge in [-0.05, 0) is 43.2 Å². The zero-order valence-electron chi connectivity index (χ0n) is 13.4. The van der Waals surface area contributed by atoms with Crippen LogP contribution in [0.5, 0.6) is 0 Å². The third-order valence-electron chi connectivity index (χ3n) is 4.30. The second kappa shape index (κ2) is 7.75. The van der Waals surface area contributed by atoms with E-state index in [2.05, 4.69) is 61.0 Å². The van der Waals surface area contributed by atoms with Crippen molar-refractivity contribution in [3.05, 3.63) is 35.4 Å². The molecule has 2 rings (SSSR count). The van der Waals surface area contributed by atoms with Crippen LogP contribution in [0.15, 0.2) is 24.3 Å². The first-order valence-corrected chi connectivity index (χ1v) is 9.09. The largest absolute Gasteiger partial charge is 0.376 e. The van der Waals surface area contributed by atoms with E-state index in [9.17, 15) is 0 Å². The predicted octanol–water partition coefficient (Wildman–Crippen LogP) is 5.01. The fourth-order valence-electron chi connectivity index (χ4n) is 2.64. The van der Waals surface area contributed by atoms with Crippen LogP contribution in [0.4, 0.5) is 0 Å². The number of ether oxygens (including phenoxy) is 2. The third-order valence-corrected chi connectivity index (χ3v) is 5.37. The Labute approximate surface area is 137 Å². The van der Waals surface area contributed by atoms with Gasteiger partial charge in [-0.1, -0.05) is 54.0 Å². The van der Waals surface area contributed by atoms with E-state index in [1.165, 1.54) is 24.0 Å². The number of rotatable bonds is 6. The van der Waals surface area contributed by atoms with Crippen LogP contribution in [0.1, 0.15) is 57.1 Å². The zero-order chi connectivity index (χ0) is 15.3. The lowest BCUT2D eigenvalue weighted by Gasteiger charge is -2.32. The van der Waals surface area contributed by atoms with Crippen molar-refractivity contribution >= 4 is 15.9 Å². The van der Waals surface area contributed by atoms with Gasteiger partial charge in [0.05, 0.1) is 12.7 Å². The molecule has 0 saturated carbocycles. The molecule has 2 atom stereocenters. The van der Waals surface area contributed by atoms with Gasteiger partial charge in [0.25, 0.3) is 0 Å². The Morgan fingerprint density at radius 2 is 2.00 bits per heavy atom. The molecular formula is C18H27BrO2. The molecule has 0 aliphatic carbocycles. The first kappa shape index (κ1) is 17.0. The second-order valence-corrected chi connectivity index (χ2v) is 7.00. The molecule has 0 aromatic heterocycles. The summed E-state index contributed by atoms with van der Waals surface area (Å²) in [6, 6.07) is 8.80. The van der Waals surface area contributed by atoms with Gasteiger partial charge in [-0.25, -0.2) is 0 Å². The Hall–Kier alpha value is -0.380. The normalized spacial score (nSPS) is 22.2. The van der Waals surface area contributed by atoms with Crippen molar-refractivity contribution in [3.63, 3.8) is 0 Å². The summed E-state index contributed by atoms with van der Waals surface area (Å²) in [6.45, 7) is 8.14. The minimum absolute atomic E-state index is 0.257. The standard InChI is InChI=1S/C18H27BrO2/c1-14(2)15-7-9-16(10-8-15)18(3,13-19)21-12-17-6-4-5-11-20-17/h7-10,14,17H,4-6,11-13H2,1-3H3. The van der Waals surface area contributed by atoms with E-state index < -0.39 is 0 Å². The highest BCUT2D eigenvalue weighted by Crippen LogP contribution is 2.30. The summed E-state index contributed by atoms with van der Waals surface area (Å²) >= 11 is 3.62. The Morgan fingerprint density at radius 3 is 2.52 bits per heavy atom. The van der Waals surface area contributed by atoms with Crippen LogP contribution in [0.3, 0.4) is 0 Å². The molecule has 0 spiro atoms. The Balaban J connectivity index is 2.01. The van der Waals surface area contributed by atoms with Gasteiger partial charge in [-0.15, -0.1) is 0 Å². The number of alkyl halides is 1. The maximum Gasteiger partial charge on any atom is 0.100 e. The maximum atomic E-state index is 6.23. The lowest BCUT2D eigenvalue weighted by molar-refractivity contribution is -0.0937. The van der Waals surface area contributed by atoms with E-state index in [0.717, 1.165) is 18.4 Å². The molecular weight excluding hydrogens is 328 g/mol. The molecule has 2 unspecified atom stereocenters. The van der Waals surface area contributed by atoms with Crippen LogP contribution >= 0.6 is 15.9 Å². The number of hydrogen-bond acceptors (Lipinski definition) is 2. The molecule has 1 saturated heterocycles. The van der Waals surface area contributed by atoms with Crippen molar-refractivity contribution in [2.75, 3.05) is 18.5 Å². The summed E-state index contributed by atoms with van der Waals surface area (Å²) in [4.78, 5) is 0. The van der Waals surface area contributed by atoms with Crippen molar-refractivity contribution in [1.82, 2.24) is 0 Å². The Bertz CT molecular complexity index is 423. The van der Waals surface area contributed by atoms with Crippen molar-refractivity contribution in [1.29, 1.82) is 0 Å². The topological polar surface area (TPSA) is 18.5 Å². The molecule has 1 aromatic carbocycles. The Kier molecular flexibility index (Phi) is 6.27. The highest BCUT2D eigenvalue weighted by atomic mass is 79.9. The number of halogens is 1. The fourth-order valence-corrected chi connectivity index (χ4v) is 3.12. The average molecular weight is 355 g/mol. The maximum absolute atomic E-state index is 6.23. The van der Waals surface area contributed by atoms with E-state index in [-0.39, 0.29) is 11.7 Å². The van der Waals surface area contributed by atoms with Crippen LogP contribution in [0, 0.1) is 0 Å². The van der Waals surface area contributed by atoms with Gasteiger partial charge in [0.15, 0.2) is 0 Å². The Morgan fingerprint density at radius 1 is 1.29 bits per heavy atom. The zero-order valence-corrected chi connectivity index (χ0v) is 15.0. The summed E-state index contributed by atoms with van der Waals surface area (Å²) in [5.74, 6) is 0.561. The van der Waals surface area contributed by atoms with Crippen molar-refractivity contribution < 1.29 is 9.47 Å². The number of hydrogen-bond donors (Lipinski definition) is 0. The quantitative estimate of drug-likeness (QED) is 0.668. The molecule has 1 aliphatic rings. The van der Waals surface area contributed by atoms with E-state index in [1.807, 2.05) is 0 Å². The van der Waals surface area contributed by atoms with Crippen LogP contribution in [-0.2, 0) is 15.1 Å². The van der Waals surface area contributed by atoms with E-state index in [0.29, 0.717) is 12.5 Å². The van der Waals surface area contributed by atoms with Gasteiger partial charge in [0.1, 0.15) is 5.60 Å². The predicted molar refractivity (Wildman–Crippen MR) is 91.2 cm³/mol. The van der Waals surface area contributed by atoms with Gasteiger partial charge in [-0.3, -0.25) is 0 Å². The summed E-state index contributed by atoms with van der Waals surface area (Å²) in [5.41, 5.74) is 2.29. The summed E-state index contributed by atoms with van der Waals surface area (Å²) in [6.07, 6.45) is 3.81. The van der Waals surface area contributed by atoms with Gasteiger partial charge < -0.3 is 9.47 Å². The molecule has 0 N–H and O–H groups in total. The van der Waals surface area contributed by atoms with Gasteiger partial charge in [0.2, 0.25) is 0 Å². The number of benzene rings is 1. The van der Waals surface area contributed by atoms with Crippen LogP contribution in [0.25, 0.3) is 0 Å². The van der Waals surface area contributed by atoms with Crippen molar-refractivity contribution in [2.24, 2.45) is 0 Å². The monoisotopic (exact) mass is 354 g/mol. The van der Waals surface area contributed by atoms with E-state index in [1.54, 1.807) is 0 Å². The van der Waals surface area contributed by atoms with E-state index >= 15 is 0 Å². The molecule has 1 fully saturated rings. The summed E-state index contributed by atoms with van der Waals surface area (Å²) < 4.78 is 12.0. The summed E-state index contributed by atoms with van der Waals surface area (Å²) in [5, 5.41) is 0.785. The molecule has 1 heterocycles. The van der Waals surface area contributed by atoms with Crippen molar-refractivity contribution in [3.8, 4) is 0 Å². The smallest absolute Gasteiger partial charge is 0.100 e. The van der Waals surface area contributed by atoms with Crippen LogP contribution < -0.4 is 0 Å². The first-order valence-electron chi connectivity index (χ1n) is 7.97. The molecule has 21 heavy (non-hydrogen) atoms. The fraction of sp³-hybridized carbons (Fsp3) is 0.667. The second-order valence-electron chi connectivity index (χ2n) is 6.44. The average Bonchev–Trinajstić information content (AvgIpc) is 2.53. The third kappa shape index (κ3) is 4.54. The van der Waals surface area contributed by atoms with Crippen molar-refractivity contribution in [2.45, 2.75) is 57.7 Å². The molecule has 0 bridgehead atoms. The summed E-state index contributed by atoms with van der Waals surface area (Å²) in [7, 11) is 0. The highest BCUT2D eigenvalue weighted by Gasteiger charge is 2.28. The van der Waals surface area contributed by atoms with Crippen LogP contribution in [0.2, 0.25) is 0 Å². The molecule has 0 amide bonds. The van der Waals surface area contributed by atoms with Gasteiger partial charge in [0, 0.05) is 11.9 Å². The minimum atomic E-state index is -0.295. The highest BCUT2D eigenvalue weighted by molar-refractivity contribution is 9.09. The molecule has 3 heteroatoms. The molecule has 118 valence electrons. The minimum Gasteiger partial charge on any atom is -0.376 e.